The van der Waals surface area contributed by atoms with Crippen LogP contribution in [0.5, 0.6) is 0 Å². The maximum absolute atomic E-state index is 12.5. The van der Waals surface area contributed by atoms with Crippen molar-refractivity contribution in [1.29, 1.82) is 0 Å². The van der Waals surface area contributed by atoms with Crippen molar-refractivity contribution in [2.24, 2.45) is 0 Å². The van der Waals surface area contributed by atoms with Gasteiger partial charge in [-0.15, -0.1) is 0 Å². The second kappa shape index (κ2) is 11.1. The zero-order valence-electron chi connectivity index (χ0n) is 18.3. The maximum Gasteiger partial charge on any atom is 0.243 e. The molecule has 0 radical (unpaired) electrons. The molecule has 0 bridgehead atoms. The lowest BCUT2D eigenvalue weighted by Crippen LogP contribution is -2.31. The first-order valence-electron chi connectivity index (χ1n) is 10.1. The zero-order chi connectivity index (χ0) is 23.9. The van der Waals surface area contributed by atoms with E-state index < -0.39 is 20.0 Å². The van der Waals surface area contributed by atoms with Crippen LogP contribution in [0.4, 0.5) is 11.4 Å². The Morgan fingerprint density at radius 2 is 1.62 bits per heavy atom. The van der Waals surface area contributed by atoms with Gasteiger partial charge in [-0.1, -0.05) is 31.5 Å². The van der Waals surface area contributed by atoms with E-state index in [0.29, 0.717) is 35.9 Å². The van der Waals surface area contributed by atoms with E-state index in [2.05, 4.69) is 5.32 Å². The quantitative estimate of drug-likeness (QED) is 0.507. The molecule has 0 heterocycles. The van der Waals surface area contributed by atoms with Crippen molar-refractivity contribution in [2.45, 2.75) is 31.6 Å². The lowest BCUT2D eigenvalue weighted by Gasteiger charge is -2.22. The van der Waals surface area contributed by atoms with Crippen LogP contribution in [0.1, 0.15) is 26.7 Å². The average Bonchev–Trinajstić information content (AvgIpc) is 2.71. The first-order valence-corrected chi connectivity index (χ1v) is 13.8. The van der Waals surface area contributed by atoms with Gasteiger partial charge in [0, 0.05) is 36.8 Å². The molecule has 0 saturated heterocycles. The fourth-order valence-corrected chi connectivity index (χ4v) is 5.75. The Labute approximate surface area is 195 Å². The molecule has 8 nitrogen and oxygen atoms in total. The number of halogens is 1. The molecule has 0 aliphatic carbocycles. The molecule has 1 amide bonds. The number of hydrogen-bond donors (Lipinski definition) is 1. The Bertz CT molecular complexity index is 1130. The number of nitrogens with one attached hydrogen (secondary N) is 1. The van der Waals surface area contributed by atoms with E-state index in [4.69, 9.17) is 11.6 Å². The van der Waals surface area contributed by atoms with Gasteiger partial charge in [-0.05, 0) is 48.9 Å². The van der Waals surface area contributed by atoms with Crippen LogP contribution < -0.4 is 9.62 Å². The Morgan fingerprint density at radius 3 is 2.16 bits per heavy atom. The fourth-order valence-electron chi connectivity index (χ4n) is 3.15. The monoisotopic (exact) mass is 501 g/mol. The fraction of sp³-hybridized carbons (Fsp3) is 0.381. The van der Waals surface area contributed by atoms with Gasteiger partial charge in [0.2, 0.25) is 26.0 Å². The lowest BCUT2D eigenvalue weighted by molar-refractivity contribution is -0.116. The summed E-state index contributed by atoms with van der Waals surface area (Å²) in [5.41, 5.74) is 0.897. The lowest BCUT2D eigenvalue weighted by atomic mass is 10.2. The van der Waals surface area contributed by atoms with Crippen LogP contribution in [0.2, 0.25) is 5.02 Å². The summed E-state index contributed by atoms with van der Waals surface area (Å²) in [6.45, 7) is 4.40. The molecule has 0 aliphatic rings. The van der Waals surface area contributed by atoms with Gasteiger partial charge in [0.25, 0.3) is 0 Å². The predicted molar refractivity (Wildman–Crippen MR) is 128 cm³/mol. The van der Waals surface area contributed by atoms with Crippen molar-refractivity contribution in [2.75, 3.05) is 35.5 Å². The molecule has 2 aromatic rings. The van der Waals surface area contributed by atoms with Crippen molar-refractivity contribution in [3.8, 4) is 0 Å². The molecule has 0 atom stereocenters. The van der Waals surface area contributed by atoms with Gasteiger partial charge in [-0.25, -0.2) is 16.8 Å². The van der Waals surface area contributed by atoms with E-state index in [0.717, 1.165) is 6.26 Å². The summed E-state index contributed by atoms with van der Waals surface area (Å²) in [6.07, 6.45) is 1.48. The minimum absolute atomic E-state index is 0.0894. The van der Waals surface area contributed by atoms with Crippen LogP contribution in [-0.2, 0) is 24.8 Å². The second-order valence-corrected chi connectivity index (χ2v) is 11.4. The molecule has 176 valence electrons. The molecule has 1 N–H and O–H groups in total. The molecule has 2 rings (SSSR count). The minimum atomic E-state index is -3.56. The van der Waals surface area contributed by atoms with Crippen molar-refractivity contribution >= 4 is 48.9 Å². The Hall–Kier alpha value is -2.14. The Balaban J connectivity index is 1.98. The molecular formula is C21H28ClN3O5S2. The number of benzene rings is 2. The molecule has 0 spiro atoms. The van der Waals surface area contributed by atoms with Crippen molar-refractivity contribution in [1.82, 2.24) is 4.31 Å². The van der Waals surface area contributed by atoms with Crippen LogP contribution in [0.15, 0.2) is 53.4 Å². The Kier molecular flexibility index (Phi) is 9.08. The predicted octanol–water partition coefficient (Wildman–Crippen LogP) is 3.56. The van der Waals surface area contributed by atoms with E-state index in [1.165, 1.54) is 32.9 Å². The number of anilines is 2. The number of amides is 1. The highest BCUT2D eigenvalue weighted by atomic mass is 35.5. The first kappa shape index (κ1) is 26.1. The highest BCUT2D eigenvalue weighted by Gasteiger charge is 2.21. The smallest absolute Gasteiger partial charge is 0.243 e. The number of sulfonamides is 2. The van der Waals surface area contributed by atoms with E-state index >= 15 is 0 Å². The SMILES string of the molecule is CCN(CC)S(=O)(=O)c1ccc(NC(=O)CCCN(c2cccc(Cl)c2)S(C)(=O)=O)cc1. The molecule has 11 heteroatoms. The normalized spacial score (nSPS) is 12.0. The van der Waals surface area contributed by atoms with Crippen LogP contribution in [-0.4, -0.2) is 52.9 Å². The van der Waals surface area contributed by atoms with Gasteiger partial charge >= 0.3 is 0 Å². The molecule has 0 saturated carbocycles. The van der Waals surface area contributed by atoms with E-state index in [-0.39, 0.29) is 23.8 Å². The maximum atomic E-state index is 12.5. The van der Waals surface area contributed by atoms with Crippen molar-refractivity contribution in [3.05, 3.63) is 53.6 Å². The summed E-state index contributed by atoms with van der Waals surface area (Å²) in [5, 5.41) is 3.12. The third kappa shape index (κ3) is 6.93. The zero-order valence-corrected chi connectivity index (χ0v) is 20.7. The van der Waals surface area contributed by atoms with Gasteiger partial charge in [-0.3, -0.25) is 9.10 Å². The van der Waals surface area contributed by atoms with Gasteiger partial charge in [0.1, 0.15) is 0 Å². The topological polar surface area (TPSA) is 104 Å². The third-order valence-corrected chi connectivity index (χ3v) is 8.24. The van der Waals surface area contributed by atoms with E-state index in [9.17, 15) is 21.6 Å². The molecule has 0 aliphatic heterocycles. The summed E-state index contributed by atoms with van der Waals surface area (Å²) < 4.78 is 51.9. The van der Waals surface area contributed by atoms with Crippen LogP contribution in [0, 0.1) is 0 Å². The molecular weight excluding hydrogens is 474 g/mol. The first-order chi connectivity index (χ1) is 15.0. The van der Waals surface area contributed by atoms with Crippen LogP contribution in [0.25, 0.3) is 0 Å². The summed E-state index contributed by atoms with van der Waals surface area (Å²) in [5.74, 6) is -0.302. The molecule has 0 aromatic heterocycles. The number of nitrogens with zero attached hydrogens (tertiary/aromatic N) is 2. The van der Waals surface area contributed by atoms with Gasteiger partial charge in [0.05, 0.1) is 16.8 Å². The average molecular weight is 502 g/mol. The largest absolute Gasteiger partial charge is 0.326 e. The van der Waals surface area contributed by atoms with E-state index in [1.54, 1.807) is 38.1 Å². The van der Waals surface area contributed by atoms with E-state index in [1.807, 2.05) is 0 Å². The summed E-state index contributed by atoms with van der Waals surface area (Å²) in [7, 11) is -7.10. The summed E-state index contributed by atoms with van der Waals surface area (Å²) >= 11 is 5.96. The van der Waals surface area contributed by atoms with Crippen molar-refractivity contribution in [3.63, 3.8) is 0 Å². The third-order valence-electron chi connectivity index (χ3n) is 4.74. The van der Waals surface area contributed by atoms with Gasteiger partial charge in [0.15, 0.2) is 0 Å². The van der Waals surface area contributed by atoms with Crippen LogP contribution >= 0.6 is 11.6 Å². The highest BCUT2D eigenvalue weighted by Crippen LogP contribution is 2.22. The molecule has 0 unspecified atom stereocenters. The van der Waals surface area contributed by atoms with Gasteiger partial charge in [-0.2, -0.15) is 4.31 Å². The standard InChI is InChI=1S/C21H28ClN3O5S2/c1-4-24(5-2)32(29,30)20-13-11-18(12-14-20)23-21(26)10-7-15-25(31(3,27)28)19-9-6-8-17(22)16-19/h6,8-9,11-14,16H,4-5,7,10,15H2,1-3H3,(H,23,26). The Morgan fingerprint density at radius 1 is 1.00 bits per heavy atom. The van der Waals surface area contributed by atoms with Crippen molar-refractivity contribution < 1.29 is 21.6 Å². The molecule has 32 heavy (non-hydrogen) atoms. The van der Waals surface area contributed by atoms with Crippen LogP contribution in [0.3, 0.4) is 0 Å². The summed E-state index contributed by atoms with van der Waals surface area (Å²) in [6, 6.07) is 12.5. The number of carbonyl (C=O) groups excluding carboxylic acids is 1. The molecule has 2 aromatic carbocycles. The number of hydrogen-bond acceptors (Lipinski definition) is 5. The number of carbonyl (C=O) groups is 1. The van der Waals surface area contributed by atoms with Gasteiger partial charge < -0.3 is 5.32 Å². The minimum Gasteiger partial charge on any atom is -0.326 e. The highest BCUT2D eigenvalue weighted by molar-refractivity contribution is 7.92. The number of rotatable bonds is 11. The summed E-state index contributed by atoms with van der Waals surface area (Å²) in [4.78, 5) is 12.4. The molecule has 0 fully saturated rings. The second-order valence-electron chi connectivity index (χ2n) is 7.08.